The van der Waals surface area contributed by atoms with Crippen LogP contribution in [-0.2, 0) is 0 Å². The molecule has 0 saturated carbocycles. The highest BCUT2D eigenvalue weighted by Crippen LogP contribution is 2.28. The second-order valence-electron chi connectivity index (χ2n) is 4.69. The number of carbonyl (C=O) groups excluding carboxylic acids is 2. The third-order valence-corrected chi connectivity index (χ3v) is 3.54. The Labute approximate surface area is 126 Å². The molecule has 0 unspecified atom stereocenters. The van der Waals surface area contributed by atoms with Gasteiger partial charge in [-0.25, -0.2) is 4.98 Å². The van der Waals surface area contributed by atoms with E-state index in [-0.39, 0.29) is 27.8 Å². The number of Topliss-reactive ketones (excluding diaryl/α,β-unsaturated/α-hetero) is 2. The predicted octanol–water partition coefficient (Wildman–Crippen LogP) is 3.33. The molecule has 0 bridgehead atoms. The highest BCUT2D eigenvalue weighted by Gasteiger charge is 2.32. The Morgan fingerprint density at radius 1 is 1.00 bits per heavy atom. The summed E-state index contributed by atoms with van der Waals surface area (Å²) in [6.07, 6.45) is 0. The Kier molecular flexibility index (Phi) is 3.31. The first-order valence-electron chi connectivity index (χ1n) is 6.37. The first kappa shape index (κ1) is 13.5. The van der Waals surface area contributed by atoms with Gasteiger partial charge in [-0.05, 0) is 31.2 Å². The first-order valence-corrected chi connectivity index (χ1v) is 6.74. The Balaban J connectivity index is 2.06. The number of pyridine rings is 1. The van der Waals surface area contributed by atoms with E-state index in [4.69, 9.17) is 11.6 Å². The van der Waals surface area contributed by atoms with Crippen LogP contribution in [0.5, 0.6) is 0 Å². The second kappa shape index (κ2) is 5.14. The number of para-hydroxylation sites is 1. The number of hydrogen-bond donors (Lipinski definition) is 1. The van der Waals surface area contributed by atoms with Crippen molar-refractivity contribution in [3.63, 3.8) is 0 Å². The van der Waals surface area contributed by atoms with Crippen LogP contribution in [-0.4, -0.2) is 16.6 Å². The van der Waals surface area contributed by atoms with Gasteiger partial charge >= 0.3 is 0 Å². The molecule has 21 heavy (non-hydrogen) atoms. The maximum atomic E-state index is 12.5. The molecule has 0 spiro atoms. The van der Waals surface area contributed by atoms with E-state index >= 15 is 0 Å². The van der Waals surface area contributed by atoms with Crippen LogP contribution in [0, 0.1) is 6.92 Å². The zero-order chi connectivity index (χ0) is 15.0. The zero-order valence-electron chi connectivity index (χ0n) is 11.2. The van der Waals surface area contributed by atoms with E-state index in [1.165, 1.54) is 0 Å². The summed E-state index contributed by atoms with van der Waals surface area (Å²) in [6, 6.07) is 12.4. The monoisotopic (exact) mass is 298 g/mol. The van der Waals surface area contributed by atoms with Crippen LogP contribution in [0.3, 0.4) is 0 Å². The summed E-state index contributed by atoms with van der Waals surface area (Å²) in [4.78, 5) is 28.9. The summed E-state index contributed by atoms with van der Waals surface area (Å²) in [6.45, 7) is 1.76. The standard InChI is InChI=1S/C16H11ClN2O2/c1-9-7-8-11-13(18-9)16(21)12(17)14(15(11)20)19-10-5-3-2-4-6-10/h2-8,19H,1H3. The molecule has 1 aromatic carbocycles. The summed E-state index contributed by atoms with van der Waals surface area (Å²) in [5.74, 6) is -0.764. The highest BCUT2D eigenvalue weighted by molar-refractivity contribution is 6.50. The van der Waals surface area contributed by atoms with E-state index < -0.39 is 5.78 Å². The zero-order valence-corrected chi connectivity index (χ0v) is 11.9. The van der Waals surface area contributed by atoms with Crippen molar-refractivity contribution in [1.29, 1.82) is 0 Å². The maximum absolute atomic E-state index is 12.5. The van der Waals surface area contributed by atoms with Gasteiger partial charge in [-0.3, -0.25) is 9.59 Å². The topological polar surface area (TPSA) is 59.1 Å². The minimum Gasteiger partial charge on any atom is -0.351 e. The number of nitrogens with one attached hydrogen (secondary N) is 1. The third-order valence-electron chi connectivity index (χ3n) is 3.18. The molecular weight excluding hydrogens is 288 g/mol. The molecule has 1 aliphatic rings. The fraction of sp³-hybridized carbons (Fsp3) is 0.0625. The van der Waals surface area contributed by atoms with Crippen LogP contribution in [0.25, 0.3) is 0 Å². The van der Waals surface area contributed by atoms with E-state index in [1.54, 1.807) is 31.2 Å². The lowest BCUT2D eigenvalue weighted by Crippen LogP contribution is -2.25. The number of halogens is 1. The summed E-state index contributed by atoms with van der Waals surface area (Å²) >= 11 is 6.06. The number of hydrogen-bond acceptors (Lipinski definition) is 4. The molecule has 1 aliphatic carbocycles. The number of rotatable bonds is 2. The molecule has 104 valence electrons. The van der Waals surface area contributed by atoms with Crippen molar-refractivity contribution in [1.82, 2.24) is 4.98 Å². The average Bonchev–Trinajstić information content (AvgIpc) is 2.50. The molecule has 0 saturated heterocycles. The summed E-state index contributed by atoms with van der Waals surface area (Å²) < 4.78 is 0. The molecule has 0 amide bonds. The number of nitrogens with zero attached hydrogens (tertiary/aromatic N) is 1. The largest absolute Gasteiger partial charge is 0.351 e. The number of benzene rings is 1. The van der Waals surface area contributed by atoms with Gasteiger partial charge in [0.15, 0.2) is 0 Å². The molecule has 4 nitrogen and oxygen atoms in total. The summed E-state index contributed by atoms with van der Waals surface area (Å²) in [5.41, 5.74) is 1.83. The fourth-order valence-electron chi connectivity index (χ4n) is 2.14. The Morgan fingerprint density at radius 2 is 1.71 bits per heavy atom. The van der Waals surface area contributed by atoms with E-state index in [9.17, 15) is 9.59 Å². The van der Waals surface area contributed by atoms with Gasteiger partial charge in [-0.1, -0.05) is 29.8 Å². The average molecular weight is 299 g/mol. The van der Waals surface area contributed by atoms with Crippen LogP contribution in [0.1, 0.15) is 26.5 Å². The quantitative estimate of drug-likeness (QED) is 0.924. The highest BCUT2D eigenvalue weighted by atomic mass is 35.5. The van der Waals surface area contributed by atoms with Gasteiger partial charge in [0.25, 0.3) is 0 Å². The van der Waals surface area contributed by atoms with Gasteiger partial charge in [0.2, 0.25) is 11.6 Å². The molecule has 0 atom stereocenters. The lowest BCUT2D eigenvalue weighted by molar-refractivity contribution is 0.0978. The van der Waals surface area contributed by atoms with Crippen molar-refractivity contribution >= 4 is 28.9 Å². The van der Waals surface area contributed by atoms with Gasteiger partial charge in [-0.15, -0.1) is 0 Å². The molecule has 2 aromatic rings. The molecule has 1 N–H and O–H groups in total. The Bertz CT molecular complexity index is 782. The van der Waals surface area contributed by atoms with E-state index in [0.717, 1.165) is 0 Å². The maximum Gasteiger partial charge on any atom is 0.225 e. The van der Waals surface area contributed by atoms with E-state index in [0.29, 0.717) is 11.4 Å². The molecule has 0 fully saturated rings. The van der Waals surface area contributed by atoms with Crippen molar-refractivity contribution in [3.8, 4) is 0 Å². The molecule has 5 heteroatoms. The normalized spacial score (nSPS) is 14.2. The molecule has 1 heterocycles. The number of ketones is 2. The van der Waals surface area contributed by atoms with Gasteiger partial charge < -0.3 is 5.32 Å². The number of fused-ring (bicyclic) bond motifs is 1. The van der Waals surface area contributed by atoms with Crippen LogP contribution >= 0.6 is 11.6 Å². The van der Waals surface area contributed by atoms with Crippen molar-refractivity contribution in [2.75, 3.05) is 5.32 Å². The fourth-order valence-corrected chi connectivity index (χ4v) is 2.36. The van der Waals surface area contributed by atoms with Crippen molar-refractivity contribution < 1.29 is 9.59 Å². The number of aromatic nitrogens is 1. The smallest absolute Gasteiger partial charge is 0.225 e. The lowest BCUT2D eigenvalue weighted by atomic mass is 9.96. The van der Waals surface area contributed by atoms with E-state index in [1.807, 2.05) is 18.2 Å². The Morgan fingerprint density at radius 3 is 2.43 bits per heavy atom. The molecule has 0 aliphatic heterocycles. The number of aryl methyl sites for hydroxylation is 1. The molecular formula is C16H11ClN2O2. The SMILES string of the molecule is Cc1ccc2c(n1)C(=O)C(Cl)=C(Nc1ccccc1)C2=O. The van der Waals surface area contributed by atoms with Crippen LogP contribution in [0.15, 0.2) is 53.2 Å². The summed E-state index contributed by atoms with van der Waals surface area (Å²) in [7, 11) is 0. The van der Waals surface area contributed by atoms with Crippen molar-refractivity contribution in [2.24, 2.45) is 0 Å². The number of anilines is 1. The van der Waals surface area contributed by atoms with Gasteiger partial charge in [-0.2, -0.15) is 0 Å². The third kappa shape index (κ3) is 2.34. The molecule has 0 radical (unpaired) electrons. The second-order valence-corrected chi connectivity index (χ2v) is 5.07. The van der Waals surface area contributed by atoms with Crippen molar-refractivity contribution in [2.45, 2.75) is 6.92 Å². The van der Waals surface area contributed by atoms with E-state index in [2.05, 4.69) is 10.3 Å². The predicted molar refractivity (Wildman–Crippen MR) is 80.6 cm³/mol. The van der Waals surface area contributed by atoms with Crippen LogP contribution in [0.2, 0.25) is 0 Å². The minimum absolute atomic E-state index is 0.0889. The minimum atomic E-state index is -0.437. The first-order chi connectivity index (χ1) is 10.1. The number of carbonyl (C=O) groups is 2. The molecule has 3 rings (SSSR count). The van der Waals surface area contributed by atoms with Crippen molar-refractivity contribution in [3.05, 3.63) is 70.1 Å². The summed E-state index contributed by atoms with van der Waals surface area (Å²) in [5, 5.41) is 2.79. The van der Waals surface area contributed by atoms with Crippen LogP contribution in [0.4, 0.5) is 5.69 Å². The van der Waals surface area contributed by atoms with Gasteiger partial charge in [0.1, 0.15) is 16.4 Å². The number of allylic oxidation sites excluding steroid dienone is 2. The van der Waals surface area contributed by atoms with Crippen LogP contribution < -0.4 is 5.32 Å². The molecule has 1 aromatic heterocycles. The van der Waals surface area contributed by atoms with Gasteiger partial charge in [0, 0.05) is 11.4 Å². The lowest BCUT2D eigenvalue weighted by Gasteiger charge is -2.18. The van der Waals surface area contributed by atoms with Gasteiger partial charge in [0.05, 0.1) is 5.56 Å². The Hall–Kier alpha value is -2.46.